The van der Waals surface area contributed by atoms with Gasteiger partial charge in [-0.2, -0.15) is 0 Å². The summed E-state index contributed by atoms with van der Waals surface area (Å²) >= 11 is 0. The average Bonchev–Trinajstić information content (AvgIpc) is 2.25. The fourth-order valence-corrected chi connectivity index (χ4v) is 1.77. The molecule has 102 valence electrons. The molecule has 4 heteroatoms. The van der Waals surface area contributed by atoms with Gasteiger partial charge in [0.2, 0.25) is 0 Å². The number of nitrogen functional groups attached to an aromatic ring is 1. The number of likely N-dealkylation sites (N-methyl/N-ethyl adjacent to an activating group) is 1. The highest BCUT2D eigenvalue weighted by Gasteiger charge is 2.16. The summed E-state index contributed by atoms with van der Waals surface area (Å²) in [6.07, 6.45) is 0.948. The van der Waals surface area contributed by atoms with Crippen molar-refractivity contribution in [1.29, 1.82) is 0 Å². The fraction of sp³-hybridized carbons (Fsp3) is 0.571. The van der Waals surface area contributed by atoms with E-state index in [0.29, 0.717) is 24.6 Å². The number of hydrogen-bond acceptors (Lipinski definition) is 4. The Morgan fingerprint density at radius 2 is 2.06 bits per heavy atom. The molecule has 0 fully saturated rings. The number of anilines is 2. The largest absolute Gasteiger partial charge is 0.491 e. The molecule has 0 aromatic heterocycles. The molecule has 4 nitrogen and oxygen atoms in total. The van der Waals surface area contributed by atoms with Crippen LogP contribution in [0, 0.1) is 0 Å². The van der Waals surface area contributed by atoms with Crippen molar-refractivity contribution < 1.29 is 9.84 Å². The Labute approximate surface area is 109 Å². The zero-order valence-electron chi connectivity index (χ0n) is 11.7. The zero-order valence-corrected chi connectivity index (χ0v) is 11.7. The van der Waals surface area contributed by atoms with Gasteiger partial charge in [-0.1, -0.05) is 6.92 Å². The van der Waals surface area contributed by atoms with Crippen molar-refractivity contribution in [3.63, 3.8) is 0 Å². The van der Waals surface area contributed by atoms with Crippen LogP contribution in [0.25, 0.3) is 0 Å². The Morgan fingerprint density at radius 3 is 2.61 bits per heavy atom. The minimum Gasteiger partial charge on any atom is -0.491 e. The first-order chi connectivity index (χ1) is 8.33. The molecule has 0 saturated heterocycles. The van der Waals surface area contributed by atoms with Gasteiger partial charge >= 0.3 is 0 Å². The molecule has 0 heterocycles. The normalized spacial score (nSPS) is 11.4. The van der Waals surface area contributed by atoms with Crippen LogP contribution in [0.1, 0.15) is 27.2 Å². The van der Waals surface area contributed by atoms with Crippen LogP contribution in [0.2, 0.25) is 0 Å². The van der Waals surface area contributed by atoms with E-state index in [-0.39, 0.29) is 0 Å². The highest BCUT2D eigenvalue weighted by molar-refractivity contribution is 5.62. The van der Waals surface area contributed by atoms with Crippen molar-refractivity contribution >= 4 is 11.4 Å². The van der Waals surface area contributed by atoms with Crippen LogP contribution in [-0.4, -0.2) is 30.9 Å². The predicted octanol–water partition coefficient (Wildman–Crippen LogP) is 2.26. The van der Waals surface area contributed by atoms with E-state index in [9.17, 15) is 5.11 Å². The molecule has 0 atom stereocenters. The Bertz CT molecular complexity index is 386. The molecule has 0 spiro atoms. The SMILES string of the molecule is CCCOc1cc(N(C)CC(C)(C)O)ccc1N. The Kier molecular flexibility index (Phi) is 4.84. The summed E-state index contributed by atoms with van der Waals surface area (Å²) in [5.74, 6) is 0.706. The van der Waals surface area contributed by atoms with Crippen molar-refractivity contribution in [1.82, 2.24) is 0 Å². The maximum atomic E-state index is 9.82. The second kappa shape index (κ2) is 5.96. The van der Waals surface area contributed by atoms with Crippen LogP contribution in [0.5, 0.6) is 5.75 Å². The molecule has 0 amide bonds. The monoisotopic (exact) mass is 252 g/mol. The first-order valence-corrected chi connectivity index (χ1v) is 6.29. The van der Waals surface area contributed by atoms with E-state index in [1.807, 2.05) is 30.1 Å². The number of benzene rings is 1. The molecule has 0 aliphatic carbocycles. The van der Waals surface area contributed by atoms with E-state index in [2.05, 4.69) is 6.92 Å². The van der Waals surface area contributed by atoms with Crippen molar-refractivity contribution in [3.8, 4) is 5.75 Å². The Balaban J connectivity index is 2.83. The van der Waals surface area contributed by atoms with Crippen molar-refractivity contribution in [2.45, 2.75) is 32.8 Å². The Hall–Kier alpha value is -1.42. The van der Waals surface area contributed by atoms with Crippen LogP contribution in [0.15, 0.2) is 18.2 Å². The number of nitrogens with zero attached hydrogens (tertiary/aromatic N) is 1. The van der Waals surface area contributed by atoms with Crippen LogP contribution in [-0.2, 0) is 0 Å². The topological polar surface area (TPSA) is 58.7 Å². The van der Waals surface area contributed by atoms with Crippen molar-refractivity contribution in [2.75, 3.05) is 30.8 Å². The second-order valence-corrected chi connectivity index (χ2v) is 5.24. The van der Waals surface area contributed by atoms with E-state index in [0.717, 1.165) is 12.1 Å². The van der Waals surface area contributed by atoms with Gasteiger partial charge in [0.1, 0.15) is 5.75 Å². The average molecular weight is 252 g/mol. The predicted molar refractivity (Wildman–Crippen MR) is 76.2 cm³/mol. The van der Waals surface area contributed by atoms with E-state index in [1.54, 1.807) is 13.8 Å². The Morgan fingerprint density at radius 1 is 1.39 bits per heavy atom. The molecule has 0 radical (unpaired) electrons. The molecule has 0 unspecified atom stereocenters. The third-order valence-electron chi connectivity index (χ3n) is 2.52. The maximum absolute atomic E-state index is 9.82. The lowest BCUT2D eigenvalue weighted by Crippen LogP contribution is -2.36. The first-order valence-electron chi connectivity index (χ1n) is 6.29. The molecule has 1 aromatic carbocycles. The van der Waals surface area contributed by atoms with Gasteiger partial charge in [0.05, 0.1) is 17.9 Å². The number of hydrogen-bond donors (Lipinski definition) is 2. The summed E-state index contributed by atoms with van der Waals surface area (Å²) in [5.41, 5.74) is 6.76. The molecule has 3 N–H and O–H groups in total. The van der Waals surface area contributed by atoms with Gasteiger partial charge in [-0.3, -0.25) is 0 Å². The molecule has 0 aliphatic rings. The summed E-state index contributed by atoms with van der Waals surface area (Å²) in [5, 5.41) is 9.82. The van der Waals surface area contributed by atoms with Crippen molar-refractivity contribution in [3.05, 3.63) is 18.2 Å². The lowest BCUT2D eigenvalue weighted by Gasteiger charge is -2.27. The quantitative estimate of drug-likeness (QED) is 0.762. The molecule has 0 saturated carbocycles. The zero-order chi connectivity index (χ0) is 13.8. The first kappa shape index (κ1) is 14.6. The fourth-order valence-electron chi connectivity index (χ4n) is 1.77. The van der Waals surface area contributed by atoms with Gasteiger partial charge in [0, 0.05) is 25.3 Å². The van der Waals surface area contributed by atoms with Crippen LogP contribution in [0.4, 0.5) is 11.4 Å². The molecular formula is C14H24N2O2. The molecule has 0 aliphatic heterocycles. The third kappa shape index (κ3) is 4.45. The van der Waals surface area contributed by atoms with E-state index in [1.165, 1.54) is 0 Å². The van der Waals surface area contributed by atoms with Gasteiger partial charge in [-0.05, 0) is 32.4 Å². The van der Waals surface area contributed by atoms with Gasteiger partial charge in [-0.25, -0.2) is 0 Å². The van der Waals surface area contributed by atoms with Crippen molar-refractivity contribution in [2.24, 2.45) is 0 Å². The molecule has 1 aromatic rings. The lowest BCUT2D eigenvalue weighted by atomic mass is 10.1. The molecule has 0 bridgehead atoms. The minimum absolute atomic E-state index is 0.546. The lowest BCUT2D eigenvalue weighted by molar-refractivity contribution is 0.0886. The van der Waals surface area contributed by atoms with Gasteiger partial charge < -0.3 is 20.5 Å². The number of nitrogens with two attached hydrogens (primary N) is 1. The summed E-state index contributed by atoms with van der Waals surface area (Å²) in [6.45, 7) is 6.83. The third-order valence-corrected chi connectivity index (χ3v) is 2.52. The van der Waals surface area contributed by atoms with Crippen LogP contribution >= 0.6 is 0 Å². The molecule has 1 rings (SSSR count). The second-order valence-electron chi connectivity index (χ2n) is 5.24. The highest BCUT2D eigenvalue weighted by atomic mass is 16.5. The summed E-state index contributed by atoms with van der Waals surface area (Å²) in [6, 6.07) is 5.68. The molecular weight excluding hydrogens is 228 g/mol. The summed E-state index contributed by atoms with van der Waals surface area (Å²) < 4.78 is 5.59. The van der Waals surface area contributed by atoms with Gasteiger partial charge in [0.25, 0.3) is 0 Å². The van der Waals surface area contributed by atoms with Gasteiger partial charge in [-0.15, -0.1) is 0 Å². The standard InChI is InChI=1S/C14H24N2O2/c1-5-8-18-13-9-11(6-7-12(13)15)16(4)10-14(2,3)17/h6-7,9,17H,5,8,10,15H2,1-4H3. The van der Waals surface area contributed by atoms with E-state index >= 15 is 0 Å². The summed E-state index contributed by atoms with van der Waals surface area (Å²) in [4.78, 5) is 1.98. The smallest absolute Gasteiger partial charge is 0.144 e. The summed E-state index contributed by atoms with van der Waals surface area (Å²) in [7, 11) is 1.94. The highest BCUT2D eigenvalue weighted by Crippen LogP contribution is 2.28. The van der Waals surface area contributed by atoms with Crippen LogP contribution in [0.3, 0.4) is 0 Å². The van der Waals surface area contributed by atoms with E-state index in [4.69, 9.17) is 10.5 Å². The van der Waals surface area contributed by atoms with E-state index < -0.39 is 5.60 Å². The number of rotatable bonds is 6. The number of aliphatic hydroxyl groups is 1. The minimum atomic E-state index is -0.736. The number of ether oxygens (including phenoxy) is 1. The van der Waals surface area contributed by atoms with Gasteiger partial charge in [0.15, 0.2) is 0 Å². The maximum Gasteiger partial charge on any atom is 0.144 e. The molecule has 18 heavy (non-hydrogen) atoms. The van der Waals surface area contributed by atoms with Crippen LogP contribution < -0.4 is 15.4 Å².